The zero-order chi connectivity index (χ0) is 55.0. The minimum Gasteiger partial charge on any atom is -0.462 e. The number of ether oxygens (including phenoxy) is 3. The van der Waals surface area contributed by atoms with Gasteiger partial charge in [0.2, 0.25) is 0 Å². The SMILES string of the molecule is CC/C=C\C/C=C\C/C=C\C/C=C\C/C=C\C/C=C\C/C=C\CCCCCCCCCC(=O)OCC(COC(=O)CCCCC/C=C\C/C=C\C/C=C\CC)OC(=O)CCCCCCC/C=C\CCCCCCCCC. The summed E-state index contributed by atoms with van der Waals surface area (Å²) in [5.41, 5.74) is 0. The molecule has 0 fully saturated rings. The fraction of sp³-hybridized carbons (Fsp3) is 0.643. The van der Waals surface area contributed by atoms with Crippen LogP contribution in [0.2, 0.25) is 0 Å². The Balaban J connectivity index is 4.36. The maximum Gasteiger partial charge on any atom is 0.306 e. The van der Waals surface area contributed by atoms with E-state index >= 15 is 0 Å². The highest BCUT2D eigenvalue weighted by Gasteiger charge is 2.19. The number of esters is 3. The van der Waals surface area contributed by atoms with E-state index in [4.69, 9.17) is 14.2 Å². The molecule has 0 spiro atoms. The third kappa shape index (κ3) is 60.4. The van der Waals surface area contributed by atoms with Crippen LogP contribution in [-0.2, 0) is 28.6 Å². The van der Waals surface area contributed by atoms with Gasteiger partial charge in [0.25, 0.3) is 0 Å². The third-order valence-electron chi connectivity index (χ3n) is 12.9. The largest absolute Gasteiger partial charge is 0.462 e. The summed E-state index contributed by atoms with van der Waals surface area (Å²) in [5, 5.41) is 0. The van der Waals surface area contributed by atoms with Crippen LogP contribution in [0.5, 0.6) is 0 Å². The van der Waals surface area contributed by atoms with Crippen molar-refractivity contribution in [2.24, 2.45) is 0 Å². The molecule has 0 bridgehead atoms. The summed E-state index contributed by atoms with van der Waals surface area (Å²) < 4.78 is 16.9. The van der Waals surface area contributed by atoms with Crippen molar-refractivity contribution >= 4 is 17.9 Å². The maximum atomic E-state index is 12.9. The summed E-state index contributed by atoms with van der Waals surface area (Å²) in [7, 11) is 0. The fourth-order valence-electron chi connectivity index (χ4n) is 8.25. The monoisotopic (exact) mass is 1050 g/mol. The van der Waals surface area contributed by atoms with Crippen LogP contribution in [0.1, 0.15) is 271 Å². The van der Waals surface area contributed by atoms with Gasteiger partial charge in [-0.2, -0.15) is 0 Å². The normalized spacial score (nSPS) is 13.0. The van der Waals surface area contributed by atoms with Crippen molar-refractivity contribution in [3.05, 3.63) is 134 Å². The second kappa shape index (κ2) is 63.1. The van der Waals surface area contributed by atoms with Crippen LogP contribution in [0.4, 0.5) is 0 Å². The maximum absolute atomic E-state index is 12.9. The lowest BCUT2D eigenvalue weighted by Gasteiger charge is -2.18. The zero-order valence-electron chi connectivity index (χ0n) is 49.2. The van der Waals surface area contributed by atoms with Crippen LogP contribution < -0.4 is 0 Å². The van der Waals surface area contributed by atoms with Gasteiger partial charge in [0.05, 0.1) is 0 Å². The molecule has 430 valence electrons. The molecule has 0 aliphatic carbocycles. The van der Waals surface area contributed by atoms with E-state index in [9.17, 15) is 14.4 Å². The molecule has 6 nitrogen and oxygen atoms in total. The fourth-order valence-corrected chi connectivity index (χ4v) is 8.25. The quantitative estimate of drug-likeness (QED) is 0.0261. The van der Waals surface area contributed by atoms with Crippen LogP contribution in [0.3, 0.4) is 0 Å². The van der Waals surface area contributed by atoms with E-state index in [0.717, 1.165) is 148 Å². The molecule has 76 heavy (non-hydrogen) atoms. The topological polar surface area (TPSA) is 78.9 Å². The van der Waals surface area contributed by atoms with Crippen molar-refractivity contribution < 1.29 is 28.6 Å². The van der Waals surface area contributed by atoms with Gasteiger partial charge in [-0.15, -0.1) is 0 Å². The Hall–Kier alpha value is -4.45. The van der Waals surface area contributed by atoms with Crippen LogP contribution in [0.25, 0.3) is 0 Å². The Bertz CT molecular complexity index is 1630. The number of allylic oxidation sites excluding steroid dienone is 22. The van der Waals surface area contributed by atoms with Crippen LogP contribution in [0.15, 0.2) is 134 Å². The number of carbonyl (C=O) groups is 3. The summed E-state index contributed by atoms with van der Waals surface area (Å²) in [4.78, 5) is 38.2. The number of carbonyl (C=O) groups excluding carboxylic acids is 3. The Kier molecular flexibility index (Phi) is 59.4. The highest BCUT2D eigenvalue weighted by molar-refractivity contribution is 5.71. The first kappa shape index (κ1) is 71.5. The molecule has 6 heteroatoms. The van der Waals surface area contributed by atoms with Crippen molar-refractivity contribution in [2.75, 3.05) is 13.2 Å². The second-order valence-electron chi connectivity index (χ2n) is 20.2. The van der Waals surface area contributed by atoms with Gasteiger partial charge in [-0.1, -0.05) is 251 Å². The van der Waals surface area contributed by atoms with Gasteiger partial charge < -0.3 is 14.2 Å². The lowest BCUT2D eigenvalue weighted by Crippen LogP contribution is -2.30. The molecule has 0 aromatic carbocycles. The van der Waals surface area contributed by atoms with Crippen molar-refractivity contribution in [2.45, 2.75) is 277 Å². The first-order valence-corrected chi connectivity index (χ1v) is 31.2. The van der Waals surface area contributed by atoms with Gasteiger partial charge in [-0.3, -0.25) is 14.4 Å². The Morgan fingerprint density at radius 2 is 0.513 bits per heavy atom. The van der Waals surface area contributed by atoms with E-state index in [1.165, 1.54) is 83.5 Å². The smallest absolute Gasteiger partial charge is 0.306 e. The lowest BCUT2D eigenvalue weighted by atomic mass is 10.1. The summed E-state index contributed by atoms with van der Waals surface area (Å²) in [5.74, 6) is -0.949. The van der Waals surface area contributed by atoms with Gasteiger partial charge in [0.15, 0.2) is 6.10 Å². The number of unbranched alkanes of at least 4 members (excludes halogenated alkanes) is 22. The van der Waals surface area contributed by atoms with Gasteiger partial charge in [-0.05, 0) is 135 Å². The van der Waals surface area contributed by atoms with Gasteiger partial charge in [0.1, 0.15) is 13.2 Å². The minimum atomic E-state index is -0.804. The van der Waals surface area contributed by atoms with Crippen LogP contribution in [0, 0.1) is 0 Å². The summed E-state index contributed by atoms with van der Waals surface area (Å²) in [6, 6.07) is 0. The Labute approximate surface area is 468 Å². The van der Waals surface area contributed by atoms with Crippen LogP contribution in [-0.4, -0.2) is 37.2 Å². The van der Waals surface area contributed by atoms with Crippen molar-refractivity contribution in [3.8, 4) is 0 Å². The highest BCUT2D eigenvalue weighted by atomic mass is 16.6. The van der Waals surface area contributed by atoms with Crippen molar-refractivity contribution in [3.63, 3.8) is 0 Å². The predicted octanol–water partition coefficient (Wildman–Crippen LogP) is 21.4. The zero-order valence-corrected chi connectivity index (χ0v) is 49.2. The molecule has 0 amide bonds. The van der Waals surface area contributed by atoms with E-state index < -0.39 is 6.10 Å². The molecule has 1 unspecified atom stereocenters. The number of hydrogen-bond acceptors (Lipinski definition) is 6. The molecule has 0 heterocycles. The average Bonchev–Trinajstić information content (AvgIpc) is 3.42. The van der Waals surface area contributed by atoms with Gasteiger partial charge in [0, 0.05) is 19.3 Å². The molecule has 0 aromatic heterocycles. The highest BCUT2D eigenvalue weighted by Crippen LogP contribution is 2.14. The molecular weight excluding hydrogens is 937 g/mol. The predicted molar refractivity (Wildman–Crippen MR) is 329 cm³/mol. The molecule has 0 rings (SSSR count). The van der Waals surface area contributed by atoms with E-state index in [2.05, 4.69) is 154 Å². The molecule has 1 atom stereocenters. The Morgan fingerprint density at radius 3 is 0.829 bits per heavy atom. The molecule has 0 radical (unpaired) electrons. The molecule has 0 N–H and O–H groups in total. The first-order valence-electron chi connectivity index (χ1n) is 31.2. The Morgan fingerprint density at radius 1 is 0.276 bits per heavy atom. The first-order chi connectivity index (χ1) is 37.5. The molecule has 0 aliphatic rings. The molecule has 0 aromatic rings. The van der Waals surface area contributed by atoms with Crippen LogP contribution >= 0.6 is 0 Å². The lowest BCUT2D eigenvalue weighted by molar-refractivity contribution is -0.167. The van der Waals surface area contributed by atoms with E-state index in [0.29, 0.717) is 19.3 Å². The summed E-state index contributed by atoms with van der Waals surface area (Å²) in [6.45, 7) is 6.37. The van der Waals surface area contributed by atoms with Crippen molar-refractivity contribution in [1.82, 2.24) is 0 Å². The molecule has 0 saturated carbocycles. The van der Waals surface area contributed by atoms with Gasteiger partial charge >= 0.3 is 17.9 Å². The summed E-state index contributed by atoms with van der Waals surface area (Å²) >= 11 is 0. The molecule has 0 saturated heterocycles. The average molecular weight is 1050 g/mol. The summed E-state index contributed by atoms with van der Waals surface area (Å²) in [6.07, 6.45) is 88.8. The number of hydrogen-bond donors (Lipinski definition) is 0. The van der Waals surface area contributed by atoms with Crippen molar-refractivity contribution in [1.29, 1.82) is 0 Å². The third-order valence-corrected chi connectivity index (χ3v) is 12.9. The molecule has 0 aliphatic heterocycles. The standard InChI is InChI=1S/C70H114O6/c1-4-7-10-13-16-19-22-25-27-29-30-31-32-33-34-35-36-37-38-39-40-41-43-45-48-51-54-57-60-63-69(72)75-66-67(65-74-68(71)62-59-56-53-50-47-44-24-21-18-15-12-9-6-3)76-70(73)64-61-58-55-52-49-46-42-28-26-23-20-17-14-11-8-5-2/h7,9-10,12,16,18-19,21,25,27-28,30-31,33-34,36-37,39-40,42,44,47,67H,4-6,8,11,13-15,17,20,22-24,26,29,32,35,38,41,43,45-46,48-66H2,1-3H3/b10-7-,12-9-,19-16-,21-18-,27-25-,31-30-,34-33-,37-36-,40-39-,42-28-,47-44-. The van der Waals surface area contributed by atoms with E-state index in [1.807, 2.05) is 0 Å². The number of rotatable bonds is 55. The van der Waals surface area contributed by atoms with E-state index in [1.54, 1.807) is 0 Å². The van der Waals surface area contributed by atoms with E-state index in [-0.39, 0.29) is 31.1 Å². The van der Waals surface area contributed by atoms with Gasteiger partial charge in [-0.25, -0.2) is 0 Å². The minimum absolute atomic E-state index is 0.100. The molecular formula is C70H114O6. The second-order valence-corrected chi connectivity index (χ2v) is 20.2.